The van der Waals surface area contributed by atoms with Crippen LogP contribution in [0.25, 0.3) is 0 Å². The number of phenolic OH excluding ortho intramolecular Hbond substituents is 1. The van der Waals surface area contributed by atoms with Crippen LogP contribution in [0.5, 0.6) is 11.5 Å². The van der Waals surface area contributed by atoms with E-state index in [1.54, 1.807) is 39.5 Å². The molecule has 1 aromatic rings. The molecule has 0 radical (unpaired) electrons. The number of aromatic hydroxyl groups is 1. The first-order valence-corrected chi connectivity index (χ1v) is 13.9. The van der Waals surface area contributed by atoms with E-state index in [-0.39, 0.29) is 12.0 Å². The van der Waals surface area contributed by atoms with Gasteiger partial charge in [-0.25, -0.2) is 0 Å². The van der Waals surface area contributed by atoms with Crippen LogP contribution < -0.4 is 10.0 Å². The van der Waals surface area contributed by atoms with Gasteiger partial charge in [0.15, 0.2) is 0 Å². The van der Waals surface area contributed by atoms with E-state index in [0.717, 1.165) is 5.30 Å². The SMILES string of the molecule is CO[Si](COc1ccc(O)cc1P(C)(C)(C)Br)(OC)OC. The molecular formula is C13H24BrO5PSi. The summed E-state index contributed by atoms with van der Waals surface area (Å²) < 4.78 is 22.0. The number of rotatable bonds is 7. The number of hydrogen-bond donors (Lipinski definition) is 1. The van der Waals surface area contributed by atoms with Crippen molar-refractivity contribution < 1.29 is 23.1 Å². The van der Waals surface area contributed by atoms with Crippen LogP contribution in [0, 0.1) is 0 Å². The number of phenols is 1. The van der Waals surface area contributed by atoms with Crippen molar-refractivity contribution in [1.29, 1.82) is 0 Å². The second-order valence-electron chi connectivity index (χ2n) is 5.84. The summed E-state index contributed by atoms with van der Waals surface area (Å²) in [6.07, 6.45) is 0.202. The van der Waals surface area contributed by atoms with Crippen molar-refractivity contribution in [2.75, 3.05) is 47.6 Å². The summed E-state index contributed by atoms with van der Waals surface area (Å²) in [7, 11) is 1.83. The van der Waals surface area contributed by atoms with Gasteiger partial charge in [-0.2, -0.15) is 0 Å². The average molecular weight is 399 g/mol. The van der Waals surface area contributed by atoms with Crippen LogP contribution in [0.2, 0.25) is 0 Å². The number of ether oxygens (including phenoxy) is 1. The first-order chi connectivity index (χ1) is 9.53. The maximum atomic E-state index is 9.76. The summed E-state index contributed by atoms with van der Waals surface area (Å²) in [5.41, 5.74) is 0. The normalized spacial score (nSPS) is 14.5. The van der Waals surface area contributed by atoms with Crippen LogP contribution in [0.3, 0.4) is 0 Å². The molecule has 0 atom stereocenters. The molecule has 0 spiro atoms. The van der Waals surface area contributed by atoms with Crippen LogP contribution in [0.1, 0.15) is 0 Å². The van der Waals surface area contributed by atoms with Crippen LogP contribution in [-0.2, 0) is 13.3 Å². The Kier molecular flexibility index (Phi) is 5.86. The molecule has 21 heavy (non-hydrogen) atoms. The van der Waals surface area contributed by atoms with E-state index in [1.165, 1.54) is 0 Å². The Morgan fingerprint density at radius 2 is 1.62 bits per heavy atom. The molecule has 122 valence electrons. The summed E-state index contributed by atoms with van der Waals surface area (Å²) >= 11 is 3.80. The fourth-order valence-electron chi connectivity index (χ4n) is 1.81. The van der Waals surface area contributed by atoms with Crippen LogP contribution >= 0.6 is 20.8 Å². The molecule has 8 heteroatoms. The maximum absolute atomic E-state index is 9.76. The van der Waals surface area contributed by atoms with Gasteiger partial charge in [0, 0.05) is 0 Å². The summed E-state index contributed by atoms with van der Waals surface area (Å²) in [6, 6.07) is 5.09. The van der Waals surface area contributed by atoms with Gasteiger partial charge in [-0.15, -0.1) is 0 Å². The van der Waals surface area contributed by atoms with Gasteiger partial charge in [-0.3, -0.25) is 0 Å². The van der Waals surface area contributed by atoms with Crippen molar-refractivity contribution in [2.24, 2.45) is 0 Å². The fraction of sp³-hybridized carbons (Fsp3) is 0.538. The molecule has 0 heterocycles. The van der Waals surface area contributed by atoms with E-state index < -0.39 is 14.1 Å². The zero-order chi connectivity index (χ0) is 16.3. The van der Waals surface area contributed by atoms with E-state index >= 15 is 0 Å². The topological polar surface area (TPSA) is 57.2 Å². The van der Waals surface area contributed by atoms with Crippen molar-refractivity contribution in [3.8, 4) is 11.5 Å². The Balaban J connectivity index is 3.10. The molecule has 0 aliphatic carbocycles. The predicted octanol–water partition coefficient (Wildman–Crippen LogP) is 2.57. The predicted molar refractivity (Wildman–Crippen MR) is 93.6 cm³/mol. The van der Waals surface area contributed by atoms with Crippen LogP contribution in [-0.4, -0.2) is 61.5 Å². The Bertz CT molecular complexity index is 482. The molecule has 1 aromatic carbocycles. The van der Waals surface area contributed by atoms with Gasteiger partial charge in [0.1, 0.15) is 0 Å². The molecule has 1 rings (SSSR count). The van der Waals surface area contributed by atoms with Gasteiger partial charge in [0.2, 0.25) is 0 Å². The Labute approximate surface area is 135 Å². The fourth-order valence-corrected chi connectivity index (χ4v) is 5.28. The first kappa shape index (κ1) is 18.9. The Hall–Kier alpha value is -0.173. The second-order valence-corrected chi connectivity index (χ2v) is 21.9. The average Bonchev–Trinajstić information content (AvgIpc) is 2.40. The molecule has 0 fully saturated rings. The van der Waals surface area contributed by atoms with Crippen molar-refractivity contribution in [2.45, 2.75) is 0 Å². The third kappa shape index (κ3) is 4.91. The minimum atomic E-state index is -2.81. The van der Waals surface area contributed by atoms with E-state index in [4.69, 9.17) is 18.0 Å². The summed E-state index contributed by atoms with van der Waals surface area (Å²) in [4.78, 5) is 0. The zero-order valence-electron chi connectivity index (χ0n) is 13.3. The third-order valence-electron chi connectivity index (χ3n) is 3.09. The number of benzene rings is 1. The second kappa shape index (κ2) is 6.52. The van der Waals surface area contributed by atoms with Gasteiger partial charge in [0.05, 0.1) is 0 Å². The minimum absolute atomic E-state index is 0.202. The van der Waals surface area contributed by atoms with Crippen LogP contribution in [0.4, 0.5) is 0 Å². The van der Waals surface area contributed by atoms with E-state index in [1.807, 2.05) is 0 Å². The molecule has 0 amide bonds. The van der Waals surface area contributed by atoms with Gasteiger partial charge in [-0.05, 0) is 0 Å². The van der Waals surface area contributed by atoms with E-state index in [0.29, 0.717) is 5.75 Å². The van der Waals surface area contributed by atoms with Gasteiger partial charge < -0.3 is 0 Å². The van der Waals surface area contributed by atoms with Crippen molar-refractivity contribution in [1.82, 2.24) is 0 Å². The molecule has 0 saturated heterocycles. The molecular weight excluding hydrogens is 375 g/mol. The Morgan fingerprint density at radius 3 is 2.05 bits per heavy atom. The zero-order valence-corrected chi connectivity index (χ0v) is 16.8. The molecule has 1 N–H and O–H groups in total. The van der Waals surface area contributed by atoms with E-state index in [2.05, 4.69) is 35.5 Å². The van der Waals surface area contributed by atoms with Gasteiger partial charge >= 0.3 is 135 Å². The van der Waals surface area contributed by atoms with Gasteiger partial charge in [-0.1, -0.05) is 0 Å². The monoisotopic (exact) mass is 398 g/mol. The summed E-state index contributed by atoms with van der Waals surface area (Å²) in [5, 5.41) is 8.42. The number of halogens is 1. The third-order valence-corrected chi connectivity index (χ3v) is 8.58. The molecule has 0 unspecified atom stereocenters. The first-order valence-electron chi connectivity index (χ1n) is 6.38. The summed E-state index contributed by atoms with van der Waals surface area (Å²) in [6.45, 7) is 6.38. The standard InChI is InChI=1S/C13H24BrO5PSi/c1-16-21(17-2,18-3)10-19-12-8-7-11(15)9-13(12)20(4,5,6)14/h7-9,15H,10H2,1-6H3. The van der Waals surface area contributed by atoms with Crippen molar-refractivity contribution >= 4 is 34.9 Å². The van der Waals surface area contributed by atoms with Crippen molar-refractivity contribution in [3.05, 3.63) is 18.2 Å². The molecule has 0 saturated carbocycles. The molecule has 0 bridgehead atoms. The Morgan fingerprint density at radius 1 is 1.10 bits per heavy atom. The molecule has 0 aliphatic rings. The van der Waals surface area contributed by atoms with Gasteiger partial charge in [0.25, 0.3) is 0 Å². The molecule has 0 aromatic heterocycles. The van der Waals surface area contributed by atoms with E-state index in [9.17, 15) is 5.11 Å². The quantitative estimate of drug-likeness (QED) is 0.564. The summed E-state index contributed by atoms with van der Waals surface area (Å²) in [5.74, 6) is 0.906. The number of hydrogen-bond acceptors (Lipinski definition) is 5. The van der Waals surface area contributed by atoms with Crippen LogP contribution in [0.15, 0.2) is 18.2 Å². The van der Waals surface area contributed by atoms with Crippen molar-refractivity contribution in [3.63, 3.8) is 0 Å². The molecule has 5 nitrogen and oxygen atoms in total. The molecule has 0 aliphatic heterocycles.